The van der Waals surface area contributed by atoms with E-state index < -0.39 is 6.09 Å². The zero-order valence-electron chi connectivity index (χ0n) is 7.92. The maximum atomic E-state index is 12.6. The van der Waals surface area contributed by atoms with Gasteiger partial charge in [0.1, 0.15) is 0 Å². The van der Waals surface area contributed by atoms with Crippen molar-refractivity contribution in [3.63, 3.8) is 0 Å². The molecule has 0 aliphatic carbocycles. The molecule has 0 bridgehead atoms. The van der Waals surface area contributed by atoms with E-state index in [1.165, 1.54) is 0 Å². The van der Waals surface area contributed by atoms with Gasteiger partial charge in [-0.1, -0.05) is 24.3 Å². The van der Waals surface area contributed by atoms with Crippen LogP contribution in [0.4, 0.5) is 4.39 Å². The van der Waals surface area contributed by atoms with Crippen LogP contribution in [0.25, 0.3) is 0 Å². The van der Waals surface area contributed by atoms with Gasteiger partial charge in [0, 0.05) is 0 Å². The summed E-state index contributed by atoms with van der Waals surface area (Å²) in [6.45, 7) is 10.2. The molecule has 0 aromatic carbocycles. The highest BCUT2D eigenvalue weighted by Gasteiger charge is 1.94. The van der Waals surface area contributed by atoms with Crippen molar-refractivity contribution in [2.75, 3.05) is 0 Å². The lowest BCUT2D eigenvalue weighted by Crippen LogP contribution is -1.85. The van der Waals surface area contributed by atoms with Crippen molar-refractivity contribution in [1.82, 2.24) is 0 Å². The molecular formula is C10H13FN2. The van der Waals surface area contributed by atoms with Crippen LogP contribution in [0.3, 0.4) is 0 Å². The number of hydrogen-bond acceptors (Lipinski definition) is 1. The Hall–Kier alpha value is -1.51. The maximum Gasteiger partial charge on any atom is 0.308 e. The van der Waals surface area contributed by atoms with Crippen LogP contribution in [0.1, 0.15) is 13.8 Å². The number of amidine groups is 1. The highest BCUT2D eigenvalue weighted by atomic mass is 19.1. The molecule has 0 fully saturated rings. The number of halogens is 1. The average molecular weight is 180 g/mol. The molecule has 0 unspecified atom stereocenters. The summed E-state index contributed by atoms with van der Waals surface area (Å²) >= 11 is 0. The van der Waals surface area contributed by atoms with E-state index in [4.69, 9.17) is 0 Å². The molecule has 0 spiro atoms. The first-order valence-electron chi connectivity index (χ1n) is 3.79. The minimum Gasteiger partial charge on any atom is -0.219 e. The second-order valence-electron chi connectivity index (χ2n) is 2.52. The number of aliphatic imine (C=N–C) groups is 2. The molecule has 0 aliphatic heterocycles. The summed E-state index contributed by atoms with van der Waals surface area (Å²) in [4.78, 5) is 6.66. The van der Waals surface area contributed by atoms with Crippen molar-refractivity contribution in [3.05, 3.63) is 36.1 Å². The predicted octanol–water partition coefficient (Wildman–Crippen LogP) is 3.05. The van der Waals surface area contributed by atoms with Crippen molar-refractivity contribution in [2.24, 2.45) is 9.98 Å². The lowest BCUT2D eigenvalue weighted by molar-refractivity contribution is 0.788. The molecule has 0 saturated carbocycles. The van der Waals surface area contributed by atoms with Crippen LogP contribution in [0.5, 0.6) is 0 Å². The van der Waals surface area contributed by atoms with Crippen molar-refractivity contribution >= 4 is 12.8 Å². The van der Waals surface area contributed by atoms with Crippen molar-refractivity contribution in [3.8, 4) is 0 Å². The lowest BCUT2D eigenvalue weighted by Gasteiger charge is -1.96. The van der Waals surface area contributed by atoms with E-state index in [2.05, 4.69) is 23.3 Å². The summed E-state index contributed by atoms with van der Waals surface area (Å²) in [7, 11) is 0. The van der Waals surface area contributed by atoms with Gasteiger partial charge in [0.15, 0.2) is 0 Å². The largest absolute Gasteiger partial charge is 0.308 e. The second kappa shape index (κ2) is 6.06. The fourth-order valence-electron chi connectivity index (χ4n) is 0.610. The summed E-state index contributed by atoms with van der Waals surface area (Å²) in [5, 5.41) is 0. The monoisotopic (exact) mass is 180 g/mol. The quantitative estimate of drug-likeness (QED) is 0.276. The van der Waals surface area contributed by atoms with E-state index in [-0.39, 0.29) is 0 Å². The van der Waals surface area contributed by atoms with Gasteiger partial charge in [-0.05, 0) is 26.6 Å². The Labute approximate surface area is 77.9 Å². The van der Waals surface area contributed by atoms with Gasteiger partial charge in [-0.2, -0.15) is 4.39 Å². The first kappa shape index (κ1) is 11.5. The summed E-state index contributed by atoms with van der Waals surface area (Å²) in [5.41, 5.74) is 1.43. The van der Waals surface area contributed by atoms with Gasteiger partial charge in [0.2, 0.25) is 0 Å². The number of rotatable bonds is 3. The van der Waals surface area contributed by atoms with E-state index in [0.717, 1.165) is 5.57 Å². The summed E-state index contributed by atoms with van der Waals surface area (Å²) in [6.07, 6.45) is 4.11. The molecule has 0 atom stereocenters. The maximum absolute atomic E-state index is 12.6. The molecular weight excluding hydrogens is 167 g/mol. The first-order valence-corrected chi connectivity index (χ1v) is 3.79. The topological polar surface area (TPSA) is 24.7 Å². The Bertz CT molecular complexity index is 281. The smallest absolute Gasteiger partial charge is 0.219 e. The molecule has 0 amide bonds. The Balaban J connectivity index is 4.86. The van der Waals surface area contributed by atoms with Gasteiger partial charge in [-0.25, -0.2) is 9.98 Å². The van der Waals surface area contributed by atoms with E-state index in [0.29, 0.717) is 5.70 Å². The van der Waals surface area contributed by atoms with Gasteiger partial charge in [-0.15, -0.1) is 0 Å². The SMILES string of the molecule is C=C/C=C\C(N=C(F)N=C)=C(C)C. The third-order valence-electron chi connectivity index (χ3n) is 1.25. The van der Waals surface area contributed by atoms with Crippen molar-refractivity contribution in [1.29, 1.82) is 0 Å². The standard InChI is InChI=1S/C10H13FN2/c1-5-6-7-9(8(2)3)13-10(11)12-4/h5-7H,1,4H2,2-3H3/b7-6-,13-10?. The minimum atomic E-state index is -0.829. The molecule has 70 valence electrons. The molecule has 0 radical (unpaired) electrons. The molecule has 0 rings (SSSR count). The third-order valence-corrected chi connectivity index (χ3v) is 1.25. The van der Waals surface area contributed by atoms with E-state index in [9.17, 15) is 4.39 Å². The summed E-state index contributed by atoms with van der Waals surface area (Å²) < 4.78 is 12.6. The Morgan fingerprint density at radius 1 is 1.38 bits per heavy atom. The molecule has 0 N–H and O–H groups in total. The highest BCUT2D eigenvalue weighted by molar-refractivity contribution is 5.78. The van der Waals surface area contributed by atoms with Crippen LogP contribution >= 0.6 is 0 Å². The van der Waals surface area contributed by atoms with Gasteiger partial charge < -0.3 is 0 Å². The number of hydrogen-bond donors (Lipinski definition) is 0. The second-order valence-corrected chi connectivity index (χ2v) is 2.52. The highest BCUT2D eigenvalue weighted by Crippen LogP contribution is 2.08. The van der Waals surface area contributed by atoms with Crippen LogP contribution < -0.4 is 0 Å². The van der Waals surface area contributed by atoms with Crippen LogP contribution in [-0.2, 0) is 0 Å². The van der Waals surface area contributed by atoms with Gasteiger partial charge in [0.05, 0.1) is 5.70 Å². The molecule has 3 heteroatoms. The Kier molecular flexibility index (Phi) is 5.35. The van der Waals surface area contributed by atoms with Crippen molar-refractivity contribution in [2.45, 2.75) is 13.8 Å². The Morgan fingerprint density at radius 3 is 2.38 bits per heavy atom. The zero-order chi connectivity index (χ0) is 10.3. The molecule has 0 aromatic heterocycles. The molecule has 2 nitrogen and oxygen atoms in total. The summed E-state index contributed by atoms with van der Waals surface area (Å²) in [6, 6.07) is 0. The molecule has 0 aromatic rings. The molecule has 13 heavy (non-hydrogen) atoms. The predicted molar refractivity (Wildman–Crippen MR) is 55.8 cm³/mol. The summed E-state index contributed by atoms with van der Waals surface area (Å²) in [5.74, 6) is 0. The van der Waals surface area contributed by atoms with E-state index in [1.807, 2.05) is 13.8 Å². The molecule has 0 saturated heterocycles. The van der Waals surface area contributed by atoms with Crippen LogP contribution in [0, 0.1) is 0 Å². The normalized spacial score (nSPS) is 11.5. The van der Waals surface area contributed by atoms with Gasteiger partial charge in [0.25, 0.3) is 0 Å². The van der Waals surface area contributed by atoms with Crippen LogP contribution in [-0.4, -0.2) is 12.8 Å². The van der Waals surface area contributed by atoms with E-state index in [1.54, 1.807) is 18.2 Å². The number of allylic oxidation sites excluding steroid dienone is 4. The third kappa shape index (κ3) is 4.85. The van der Waals surface area contributed by atoms with Crippen LogP contribution in [0.15, 0.2) is 46.1 Å². The molecule has 0 aliphatic rings. The number of nitrogens with zero attached hydrogens (tertiary/aromatic N) is 2. The molecule has 0 heterocycles. The van der Waals surface area contributed by atoms with Crippen molar-refractivity contribution < 1.29 is 4.39 Å². The Morgan fingerprint density at radius 2 is 2.00 bits per heavy atom. The lowest BCUT2D eigenvalue weighted by atomic mass is 10.2. The fourth-order valence-corrected chi connectivity index (χ4v) is 0.610. The first-order chi connectivity index (χ1) is 6.11. The van der Waals surface area contributed by atoms with Gasteiger partial charge in [-0.3, -0.25) is 0 Å². The average Bonchev–Trinajstić information content (AvgIpc) is 2.11. The minimum absolute atomic E-state index is 0.532. The van der Waals surface area contributed by atoms with Gasteiger partial charge >= 0.3 is 6.09 Å². The van der Waals surface area contributed by atoms with Crippen LogP contribution in [0.2, 0.25) is 0 Å². The fraction of sp³-hybridized carbons (Fsp3) is 0.200. The zero-order valence-corrected chi connectivity index (χ0v) is 7.92. The van der Waals surface area contributed by atoms with E-state index >= 15 is 0 Å².